The van der Waals surface area contributed by atoms with Crippen LogP contribution < -0.4 is 10.0 Å². The number of nitrogens with one attached hydrogen (secondary N) is 2. The molecule has 8 nitrogen and oxygen atoms in total. The van der Waals surface area contributed by atoms with E-state index in [-0.39, 0.29) is 16.3 Å². The average molecular weight is 308 g/mol. The van der Waals surface area contributed by atoms with Crippen LogP contribution in [0.15, 0.2) is 47.6 Å². The van der Waals surface area contributed by atoms with Crippen LogP contribution in [-0.4, -0.2) is 25.4 Å². The first kappa shape index (κ1) is 14.7. The minimum Gasteiger partial charge on any atom is -0.387 e. The molecule has 0 radical (unpaired) electrons. The number of rotatable bonds is 5. The number of hydrogen-bond donors (Lipinski definition) is 2. The fourth-order valence-electron chi connectivity index (χ4n) is 1.66. The number of hydrogen-bond acceptors (Lipinski definition) is 6. The Morgan fingerprint density at radius 3 is 2.43 bits per heavy atom. The van der Waals surface area contributed by atoms with Gasteiger partial charge in [0.25, 0.3) is 15.7 Å². The molecule has 2 aromatic rings. The molecule has 0 unspecified atom stereocenters. The summed E-state index contributed by atoms with van der Waals surface area (Å²) in [6.07, 6.45) is 2.69. The Morgan fingerprint density at radius 1 is 1.19 bits per heavy atom. The molecule has 9 heteroatoms. The third-order valence-corrected chi connectivity index (χ3v) is 4.08. The van der Waals surface area contributed by atoms with Gasteiger partial charge in [0, 0.05) is 37.3 Å². The molecule has 1 heterocycles. The lowest BCUT2D eigenvalue weighted by molar-refractivity contribution is -0.384. The Morgan fingerprint density at radius 2 is 1.86 bits per heavy atom. The summed E-state index contributed by atoms with van der Waals surface area (Å²) in [5, 5.41) is 13.3. The van der Waals surface area contributed by atoms with Gasteiger partial charge in [0.15, 0.2) is 0 Å². The Hall–Kier alpha value is -2.68. The lowest BCUT2D eigenvalue weighted by Crippen LogP contribution is -2.15. The number of non-ortho nitro benzene ring substituents is 1. The highest BCUT2D eigenvalue weighted by atomic mass is 32.2. The maximum Gasteiger partial charge on any atom is 0.269 e. The molecule has 0 aliphatic carbocycles. The van der Waals surface area contributed by atoms with Gasteiger partial charge in [0.05, 0.1) is 10.6 Å². The number of sulfonamides is 1. The maximum atomic E-state index is 12.3. The second-order valence-corrected chi connectivity index (χ2v) is 5.68. The molecule has 0 saturated carbocycles. The minimum absolute atomic E-state index is 0.00847. The van der Waals surface area contributed by atoms with Gasteiger partial charge in [-0.2, -0.15) is 0 Å². The van der Waals surface area contributed by atoms with Crippen LogP contribution in [0.2, 0.25) is 0 Å². The molecule has 2 rings (SSSR count). The highest BCUT2D eigenvalue weighted by Gasteiger charge is 2.18. The molecule has 0 fully saturated rings. The van der Waals surface area contributed by atoms with Gasteiger partial charge in [-0.05, 0) is 18.2 Å². The van der Waals surface area contributed by atoms with Gasteiger partial charge in [-0.1, -0.05) is 0 Å². The molecule has 0 spiro atoms. The number of benzene rings is 1. The third kappa shape index (κ3) is 3.26. The van der Waals surface area contributed by atoms with Crippen LogP contribution in [0.5, 0.6) is 0 Å². The quantitative estimate of drug-likeness (QED) is 0.643. The van der Waals surface area contributed by atoms with Crippen LogP contribution in [0.1, 0.15) is 0 Å². The molecule has 0 atom stereocenters. The van der Waals surface area contributed by atoms with Gasteiger partial charge in [-0.25, -0.2) is 8.42 Å². The van der Waals surface area contributed by atoms with Gasteiger partial charge in [-0.15, -0.1) is 0 Å². The molecule has 0 aliphatic heterocycles. The molecular formula is C12H12N4O4S. The number of aromatic nitrogens is 1. The summed E-state index contributed by atoms with van der Waals surface area (Å²) < 4.78 is 26.9. The van der Waals surface area contributed by atoms with E-state index in [2.05, 4.69) is 15.0 Å². The van der Waals surface area contributed by atoms with E-state index in [4.69, 9.17) is 0 Å². The van der Waals surface area contributed by atoms with E-state index in [1.807, 2.05) is 0 Å². The van der Waals surface area contributed by atoms with Gasteiger partial charge < -0.3 is 5.32 Å². The predicted molar refractivity (Wildman–Crippen MR) is 77.7 cm³/mol. The molecule has 0 bridgehead atoms. The second kappa shape index (κ2) is 5.75. The molecule has 1 aromatic carbocycles. The predicted octanol–water partition coefficient (Wildman–Crippen LogP) is 1.83. The summed E-state index contributed by atoms with van der Waals surface area (Å²) >= 11 is 0. The summed E-state index contributed by atoms with van der Waals surface area (Å²) in [5.74, 6) is 0. The Bertz CT molecular complexity index is 759. The first-order chi connectivity index (χ1) is 9.94. The Kier molecular flexibility index (Phi) is 4.03. The summed E-state index contributed by atoms with van der Waals surface area (Å²) in [6.45, 7) is 0. The van der Waals surface area contributed by atoms with Crippen molar-refractivity contribution in [1.82, 2.24) is 4.98 Å². The normalized spacial score (nSPS) is 10.9. The molecule has 0 aliphatic rings. The van der Waals surface area contributed by atoms with E-state index in [1.165, 1.54) is 42.7 Å². The van der Waals surface area contributed by atoms with Crippen LogP contribution >= 0.6 is 0 Å². The number of nitrogens with zero attached hydrogens (tertiary/aromatic N) is 2. The fraction of sp³-hybridized carbons (Fsp3) is 0.0833. The molecule has 2 N–H and O–H groups in total. The van der Waals surface area contributed by atoms with Crippen molar-refractivity contribution in [1.29, 1.82) is 0 Å². The topological polar surface area (TPSA) is 114 Å². The zero-order chi connectivity index (χ0) is 15.5. The Labute approximate surface area is 121 Å². The highest BCUT2D eigenvalue weighted by molar-refractivity contribution is 7.92. The maximum absolute atomic E-state index is 12.3. The largest absolute Gasteiger partial charge is 0.387 e. The van der Waals surface area contributed by atoms with Crippen LogP contribution in [0.25, 0.3) is 0 Å². The van der Waals surface area contributed by atoms with Crippen LogP contribution in [0.3, 0.4) is 0 Å². The van der Waals surface area contributed by atoms with Gasteiger partial charge in [0.2, 0.25) is 0 Å². The SMILES string of the molecule is CNc1ccncc1S(=O)(=O)Nc1ccc([N+](=O)[O-])cc1. The highest BCUT2D eigenvalue weighted by Crippen LogP contribution is 2.23. The van der Waals surface area contributed by atoms with Crippen LogP contribution in [0, 0.1) is 10.1 Å². The van der Waals surface area contributed by atoms with Crippen molar-refractivity contribution in [2.45, 2.75) is 4.90 Å². The lowest BCUT2D eigenvalue weighted by atomic mass is 10.3. The molecule has 0 amide bonds. The summed E-state index contributed by atoms with van der Waals surface area (Å²) in [5.41, 5.74) is 0.515. The number of nitro groups is 1. The van der Waals surface area contributed by atoms with Crippen LogP contribution in [0.4, 0.5) is 17.1 Å². The molecule has 110 valence electrons. The zero-order valence-electron chi connectivity index (χ0n) is 11.0. The number of nitro benzene ring substituents is 1. The van der Waals surface area contributed by atoms with Crippen molar-refractivity contribution in [3.8, 4) is 0 Å². The van der Waals surface area contributed by atoms with Gasteiger partial charge >= 0.3 is 0 Å². The van der Waals surface area contributed by atoms with Gasteiger partial charge in [-0.3, -0.25) is 19.8 Å². The zero-order valence-corrected chi connectivity index (χ0v) is 11.8. The first-order valence-electron chi connectivity index (χ1n) is 5.83. The van der Waals surface area contributed by atoms with Crippen molar-refractivity contribution in [3.05, 3.63) is 52.8 Å². The second-order valence-electron chi connectivity index (χ2n) is 4.03. The number of anilines is 2. The smallest absolute Gasteiger partial charge is 0.269 e. The molecular weight excluding hydrogens is 296 g/mol. The summed E-state index contributed by atoms with van der Waals surface area (Å²) in [7, 11) is -2.24. The van der Waals surface area contributed by atoms with E-state index >= 15 is 0 Å². The molecule has 21 heavy (non-hydrogen) atoms. The van der Waals surface area contributed by atoms with E-state index in [9.17, 15) is 18.5 Å². The minimum atomic E-state index is -3.83. The number of pyridine rings is 1. The van der Waals surface area contributed by atoms with Crippen LogP contribution in [-0.2, 0) is 10.0 Å². The fourth-order valence-corrected chi connectivity index (χ4v) is 2.88. The van der Waals surface area contributed by atoms with Crippen molar-refractivity contribution in [2.75, 3.05) is 17.1 Å². The van der Waals surface area contributed by atoms with E-state index in [1.54, 1.807) is 7.05 Å². The van der Waals surface area contributed by atoms with Crippen molar-refractivity contribution < 1.29 is 13.3 Å². The van der Waals surface area contributed by atoms with E-state index in [0.29, 0.717) is 5.69 Å². The van der Waals surface area contributed by atoms with E-state index in [0.717, 1.165) is 0 Å². The Balaban J connectivity index is 2.31. The average Bonchev–Trinajstić information content (AvgIpc) is 2.47. The van der Waals surface area contributed by atoms with Crippen molar-refractivity contribution in [3.63, 3.8) is 0 Å². The molecule has 1 aromatic heterocycles. The lowest BCUT2D eigenvalue weighted by Gasteiger charge is -2.11. The molecule has 0 saturated heterocycles. The third-order valence-electron chi connectivity index (χ3n) is 2.67. The first-order valence-corrected chi connectivity index (χ1v) is 7.31. The van der Waals surface area contributed by atoms with Gasteiger partial charge in [0.1, 0.15) is 4.90 Å². The summed E-state index contributed by atoms with van der Waals surface area (Å²) in [4.78, 5) is 13.8. The standard InChI is InChI=1S/C12H12N4O4S/c1-13-11-6-7-14-8-12(11)21(19,20)15-9-2-4-10(5-3-9)16(17)18/h2-8,15H,1H3,(H,13,14). The summed E-state index contributed by atoms with van der Waals surface area (Å²) in [6, 6.07) is 6.63. The van der Waals surface area contributed by atoms with Crippen molar-refractivity contribution >= 4 is 27.1 Å². The monoisotopic (exact) mass is 308 g/mol. The van der Waals surface area contributed by atoms with E-state index < -0.39 is 14.9 Å². The van der Waals surface area contributed by atoms with Crippen molar-refractivity contribution in [2.24, 2.45) is 0 Å².